The van der Waals surface area contributed by atoms with Crippen LogP contribution in [0, 0.1) is 13.8 Å². The first-order valence-corrected chi connectivity index (χ1v) is 12.1. The van der Waals surface area contributed by atoms with Crippen LogP contribution in [-0.4, -0.2) is 41.8 Å². The number of amides is 2. The molecule has 1 unspecified atom stereocenters. The van der Waals surface area contributed by atoms with Crippen LogP contribution in [0.25, 0.3) is 0 Å². The zero-order valence-electron chi connectivity index (χ0n) is 19.8. The Morgan fingerprint density at radius 3 is 2.47 bits per heavy atom. The number of hydrogen-bond donors (Lipinski definition) is 1. The van der Waals surface area contributed by atoms with Crippen LogP contribution in [0.5, 0.6) is 11.5 Å². The standard InChI is InChI=1S/C25H28N4O4S/c1-5-32-20-8-7-17(12-21(20)33-6-2)23(31)26-25-28-27-24(34-25)18-13-22(30)29(14-18)19-10-15(3)9-16(4)11-19/h7-12,18H,5-6,13-14H2,1-4H3,(H,26,28,31). The van der Waals surface area contributed by atoms with Gasteiger partial charge in [0, 0.05) is 30.1 Å². The molecule has 1 aliphatic heterocycles. The highest BCUT2D eigenvalue weighted by molar-refractivity contribution is 7.15. The first-order valence-electron chi connectivity index (χ1n) is 11.3. The highest BCUT2D eigenvalue weighted by Crippen LogP contribution is 2.35. The van der Waals surface area contributed by atoms with Gasteiger partial charge in [-0.2, -0.15) is 0 Å². The van der Waals surface area contributed by atoms with E-state index in [1.807, 2.05) is 39.8 Å². The quantitative estimate of drug-likeness (QED) is 0.501. The summed E-state index contributed by atoms with van der Waals surface area (Å²) in [5.74, 6) is 0.801. The highest BCUT2D eigenvalue weighted by atomic mass is 32.1. The van der Waals surface area contributed by atoms with E-state index in [0.29, 0.717) is 48.4 Å². The minimum Gasteiger partial charge on any atom is -0.490 e. The average molecular weight is 481 g/mol. The topological polar surface area (TPSA) is 93.7 Å². The predicted octanol–water partition coefficient (Wildman–Crippen LogP) is 4.73. The van der Waals surface area contributed by atoms with Gasteiger partial charge in [0.05, 0.1) is 13.2 Å². The number of aryl methyl sites for hydroxylation is 2. The Morgan fingerprint density at radius 2 is 1.76 bits per heavy atom. The van der Waals surface area contributed by atoms with E-state index in [-0.39, 0.29) is 17.7 Å². The van der Waals surface area contributed by atoms with E-state index >= 15 is 0 Å². The van der Waals surface area contributed by atoms with Gasteiger partial charge in [-0.25, -0.2) is 0 Å². The van der Waals surface area contributed by atoms with Crippen molar-refractivity contribution in [2.24, 2.45) is 0 Å². The molecule has 1 saturated heterocycles. The van der Waals surface area contributed by atoms with Crippen molar-refractivity contribution in [3.8, 4) is 11.5 Å². The van der Waals surface area contributed by atoms with Crippen LogP contribution in [0.4, 0.5) is 10.8 Å². The molecule has 0 aliphatic carbocycles. The number of benzene rings is 2. The molecule has 0 spiro atoms. The van der Waals surface area contributed by atoms with E-state index < -0.39 is 0 Å². The lowest BCUT2D eigenvalue weighted by atomic mass is 10.1. The largest absolute Gasteiger partial charge is 0.490 e. The van der Waals surface area contributed by atoms with Crippen LogP contribution < -0.4 is 19.7 Å². The summed E-state index contributed by atoms with van der Waals surface area (Å²) >= 11 is 1.30. The second-order valence-corrected chi connectivity index (χ2v) is 9.19. The van der Waals surface area contributed by atoms with Gasteiger partial charge in [0.15, 0.2) is 11.5 Å². The van der Waals surface area contributed by atoms with E-state index in [9.17, 15) is 9.59 Å². The summed E-state index contributed by atoms with van der Waals surface area (Å²) in [6.45, 7) is 9.32. The molecule has 2 heterocycles. The second-order valence-electron chi connectivity index (χ2n) is 8.18. The summed E-state index contributed by atoms with van der Waals surface area (Å²) in [4.78, 5) is 27.3. The third kappa shape index (κ3) is 5.20. The van der Waals surface area contributed by atoms with Crippen molar-refractivity contribution in [3.05, 3.63) is 58.1 Å². The first kappa shape index (κ1) is 23.7. The van der Waals surface area contributed by atoms with E-state index in [2.05, 4.69) is 21.6 Å². The lowest BCUT2D eigenvalue weighted by Crippen LogP contribution is -2.24. The first-order chi connectivity index (χ1) is 16.4. The Hall–Kier alpha value is -3.46. The minimum absolute atomic E-state index is 0.0634. The molecular formula is C25H28N4O4S. The van der Waals surface area contributed by atoms with Crippen LogP contribution in [0.2, 0.25) is 0 Å². The zero-order valence-corrected chi connectivity index (χ0v) is 20.6. The summed E-state index contributed by atoms with van der Waals surface area (Å²) < 4.78 is 11.2. The molecule has 1 N–H and O–H groups in total. The molecule has 1 aromatic heterocycles. The van der Waals surface area contributed by atoms with Crippen molar-refractivity contribution in [1.82, 2.24) is 10.2 Å². The summed E-state index contributed by atoms with van der Waals surface area (Å²) in [5, 5.41) is 12.3. The number of carbonyl (C=O) groups excluding carboxylic acids is 2. The van der Waals surface area contributed by atoms with E-state index in [1.165, 1.54) is 11.3 Å². The number of aromatic nitrogens is 2. The molecule has 1 aliphatic rings. The molecule has 178 valence electrons. The summed E-state index contributed by atoms with van der Waals surface area (Å²) in [6.07, 6.45) is 0.367. The molecule has 9 heteroatoms. The molecule has 1 fully saturated rings. The van der Waals surface area contributed by atoms with Gasteiger partial charge < -0.3 is 14.4 Å². The van der Waals surface area contributed by atoms with Crippen molar-refractivity contribution in [1.29, 1.82) is 0 Å². The lowest BCUT2D eigenvalue weighted by Gasteiger charge is -2.17. The molecule has 2 amide bonds. The van der Waals surface area contributed by atoms with Gasteiger partial charge in [-0.1, -0.05) is 17.4 Å². The molecular weight excluding hydrogens is 452 g/mol. The van der Waals surface area contributed by atoms with Crippen LogP contribution in [-0.2, 0) is 4.79 Å². The van der Waals surface area contributed by atoms with Gasteiger partial charge >= 0.3 is 0 Å². The molecule has 2 aromatic carbocycles. The van der Waals surface area contributed by atoms with E-state index in [4.69, 9.17) is 9.47 Å². The molecule has 3 aromatic rings. The fourth-order valence-corrected chi connectivity index (χ4v) is 4.87. The van der Waals surface area contributed by atoms with E-state index in [1.54, 1.807) is 23.1 Å². The number of hydrogen-bond acceptors (Lipinski definition) is 7. The molecule has 0 saturated carbocycles. The smallest absolute Gasteiger partial charge is 0.257 e. The van der Waals surface area contributed by atoms with Gasteiger partial charge in [0.2, 0.25) is 11.0 Å². The van der Waals surface area contributed by atoms with Crippen LogP contribution in [0.15, 0.2) is 36.4 Å². The summed E-state index contributed by atoms with van der Waals surface area (Å²) in [5.41, 5.74) is 3.58. The van der Waals surface area contributed by atoms with Crippen LogP contribution in [0.3, 0.4) is 0 Å². The monoisotopic (exact) mass is 480 g/mol. The fraction of sp³-hybridized carbons (Fsp3) is 0.360. The maximum Gasteiger partial charge on any atom is 0.257 e. The van der Waals surface area contributed by atoms with Crippen molar-refractivity contribution in [2.75, 3.05) is 30.0 Å². The minimum atomic E-state index is -0.314. The van der Waals surface area contributed by atoms with E-state index in [0.717, 1.165) is 21.8 Å². The number of nitrogens with one attached hydrogen (secondary N) is 1. The molecule has 4 rings (SSSR count). The van der Waals surface area contributed by atoms with Crippen molar-refractivity contribution in [3.63, 3.8) is 0 Å². The zero-order chi connectivity index (χ0) is 24.2. The second kappa shape index (κ2) is 10.2. The molecule has 34 heavy (non-hydrogen) atoms. The number of nitrogens with zero attached hydrogens (tertiary/aromatic N) is 3. The van der Waals surface area contributed by atoms with Crippen molar-refractivity contribution >= 4 is 34.0 Å². The predicted molar refractivity (Wildman–Crippen MR) is 132 cm³/mol. The van der Waals surface area contributed by atoms with Gasteiger partial charge in [0.1, 0.15) is 5.01 Å². The number of rotatable bonds is 8. The Morgan fingerprint density at radius 1 is 1.06 bits per heavy atom. The van der Waals surface area contributed by atoms with Crippen molar-refractivity contribution < 1.29 is 19.1 Å². The van der Waals surface area contributed by atoms with Crippen molar-refractivity contribution in [2.45, 2.75) is 40.0 Å². The van der Waals surface area contributed by atoms with Gasteiger partial charge in [-0.05, 0) is 69.2 Å². The lowest BCUT2D eigenvalue weighted by molar-refractivity contribution is -0.117. The van der Waals surface area contributed by atoms with Crippen LogP contribution in [0.1, 0.15) is 52.7 Å². The maximum atomic E-state index is 12.8. The number of ether oxygens (including phenoxy) is 2. The van der Waals surface area contributed by atoms with Gasteiger partial charge in [-0.15, -0.1) is 10.2 Å². The normalized spacial score (nSPS) is 15.5. The average Bonchev–Trinajstić information content (AvgIpc) is 3.41. The molecule has 0 bridgehead atoms. The molecule has 8 nitrogen and oxygen atoms in total. The summed E-state index contributed by atoms with van der Waals surface area (Å²) in [7, 11) is 0. The van der Waals surface area contributed by atoms with Gasteiger partial charge in [0.25, 0.3) is 5.91 Å². The maximum absolute atomic E-state index is 12.8. The Bertz CT molecular complexity index is 1190. The number of carbonyl (C=O) groups is 2. The number of anilines is 2. The fourth-order valence-electron chi connectivity index (χ4n) is 4.04. The SMILES string of the molecule is CCOc1ccc(C(=O)Nc2nnc(C3CC(=O)N(c4cc(C)cc(C)c4)C3)s2)cc1OCC. The highest BCUT2D eigenvalue weighted by Gasteiger charge is 2.34. The Labute approximate surface area is 202 Å². The third-order valence-electron chi connectivity index (χ3n) is 5.46. The summed E-state index contributed by atoms with van der Waals surface area (Å²) in [6, 6.07) is 11.2. The van der Waals surface area contributed by atoms with Gasteiger partial charge in [-0.3, -0.25) is 14.9 Å². The Kier molecular flexibility index (Phi) is 7.12. The van der Waals surface area contributed by atoms with Crippen LogP contribution >= 0.6 is 11.3 Å². The molecule has 1 atom stereocenters. The third-order valence-corrected chi connectivity index (χ3v) is 6.46. The molecule has 0 radical (unpaired) electrons. The Balaban J connectivity index is 1.45.